The number of carboxylic acid groups (broad SMARTS) is 1. The highest BCUT2D eigenvalue weighted by Gasteiger charge is 2.21. The maximum Gasteiger partial charge on any atom is 0.303 e. The first-order chi connectivity index (χ1) is 7.54. The fourth-order valence-corrected chi connectivity index (χ4v) is 3.78. The van der Waals surface area contributed by atoms with Gasteiger partial charge >= 0.3 is 5.97 Å². The van der Waals surface area contributed by atoms with E-state index >= 15 is 0 Å². The minimum Gasteiger partial charge on any atom is -0.481 e. The molecule has 0 radical (unpaired) electrons. The van der Waals surface area contributed by atoms with Crippen LogP contribution in [0.2, 0.25) is 0 Å². The standard InChI is InChI=1S/C10H15N2O3P/c11-5-2-8-16(15,9-3-6-12)7-1-4-10(13)14/h1-4,7-9H2,(H,13,14). The van der Waals surface area contributed by atoms with Gasteiger partial charge in [-0.25, -0.2) is 0 Å². The molecule has 0 saturated carbocycles. The number of carbonyl (C=O) groups is 1. The van der Waals surface area contributed by atoms with Crippen molar-refractivity contribution < 1.29 is 14.5 Å². The fraction of sp³-hybridized carbons (Fsp3) is 0.700. The third-order valence-electron chi connectivity index (χ3n) is 2.22. The Morgan fingerprint density at radius 1 is 1.12 bits per heavy atom. The van der Waals surface area contributed by atoms with Gasteiger partial charge in [0.05, 0.1) is 19.3 Å². The zero-order valence-electron chi connectivity index (χ0n) is 9.06. The number of aliphatic carboxylic acids is 1. The van der Waals surface area contributed by atoms with Crippen molar-refractivity contribution in [1.82, 2.24) is 0 Å². The second-order valence-corrected chi connectivity index (χ2v) is 7.00. The number of nitrogens with zero attached hydrogens (tertiary/aromatic N) is 2. The summed E-state index contributed by atoms with van der Waals surface area (Å²) < 4.78 is 12.2. The predicted molar refractivity (Wildman–Crippen MR) is 59.5 cm³/mol. The maximum absolute atomic E-state index is 12.2. The lowest BCUT2D eigenvalue weighted by Gasteiger charge is -2.14. The lowest BCUT2D eigenvalue weighted by molar-refractivity contribution is -0.137. The zero-order valence-corrected chi connectivity index (χ0v) is 9.95. The quantitative estimate of drug-likeness (QED) is 0.656. The van der Waals surface area contributed by atoms with Gasteiger partial charge in [0.1, 0.15) is 0 Å². The van der Waals surface area contributed by atoms with Gasteiger partial charge in [0.15, 0.2) is 0 Å². The van der Waals surface area contributed by atoms with Crippen LogP contribution in [-0.2, 0) is 9.36 Å². The van der Waals surface area contributed by atoms with Crippen LogP contribution in [0.1, 0.15) is 25.7 Å². The first kappa shape index (κ1) is 14.7. The van der Waals surface area contributed by atoms with E-state index in [9.17, 15) is 9.36 Å². The highest BCUT2D eigenvalue weighted by Crippen LogP contribution is 2.47. The molecule has 0 bridgehead atoms. The minimum atomic E-state index is -2.52. The molecule has 5 nitrogen and oxygen atoms in total. The Balaban J connectivity index is 4.20. The Bertz CT molecular complexity index is 332. The van der Waals surface area contributed by atoms with E-state index < -0.39 is 13.1 Å². The van der Waals surface area contributed by atoms with Gasteiger partial charge in [0.2, 0.25) is 0 Å². The largest absolute Gasteiger partial charge is 0.481 e. The van der Waals surface area contributed by atoms with Gasteiger partial charge in [-0.1, -0.05) is 0 Å². The van der Waals surface area contributed by atoms with Crippen molar-refractivity contribution in [3.8, 4) is 12.1 Å². The molecule has 0 fully saturated rings. The first-order valence-corrected chi connectivity index (χ1v) is 7.33. The number of rotatable bonds is 8. The van der Waals surface area contributed by atoms with E-state index in [1.165, 1.54) is 0 Å². The zero-order chi connectivity index (χ0) is 12.4. The Hall–Kier alpha value is -1.32. The predicted octanol–water partition coefficient (Wildman–Crippen LogP) is 2.04. The van der Waals surface area contributed by atoms with Gasteiger partial charge < -0.3 is 9.67 Å². The van der Waals surface area contributed by atoms with Crippen LogP contribution in [0.4, 0.5) is 0 Å². The monoisotopic (exact) mass is 242 g/mol. The summed E-state index contributed by atoms with van der Waals surface area (Å²) in [6.45, 7) is 0. The molecule has 0 aliphatic heterocycles. The van der Waals surface area contributed by atoms with Crippen molar-refractivity contribution in [3.05, 3.63) is 0 Å². The third kappa shape index (κ3) is 7.04. The molecule has 0 aromatic heterocycles. The molecule has 0 atom stereocenters. The normalized spacial score (nSPS) is 10.4. The molecule has 0 aliphatic rings. The maximum atomic E-state index is 12.2. The van der Waals surface area contributed by atoms with Crippen molar-refractivity contribution in [1.29, 1.82) is 10.5 Å². The average Bonchev–Trinajstić information content (AvgIpc) is 2.23. The smallest absolute Gasteiger partial charge is 0.303 e. The lowest BCUT2D eigenvalue weighted by Crippen LogP contribution is -2.03. The summed E-state index contributed by atoms with van der Waals surface area (Å²) >= 11 is 0. The highest BCUT2D eigenvalue weighted by molar-refractivity contribution is 7.63. The molecule has 0 aromatic carbocycles. The summed E-state index contributed by atoms with van der Waals surface area (Å²) in [6.07, 6.45) is 1.66. The van der Waals surface area contributed by atoms with E-state index in [2.05, 4.69) is 0 Å². The van der Waals surface area contributed by atoms with Gasteiger partial charge in [0.25, 0.3) is 0 Å². The molecular weight excluding hydrogens is 227 g/mol. The van der Waals surface area contributed by atoms with E-state index in [-0.39, 0.29) is 19.3 Å². The molecular formula is C10H15N2O3P. The van der Waals surface area contributed by atoms with Crippen LogP contribution in [0.15, 0.2) is 0 Å². The molecule has 0 amide bonds. The van der Waals surface area contributed by atoms with E-state index in [0.717, 1.165) is 0 Å². The lowest BCUT2D eigenvalue weighted by atomic mass is 10.3. The topological polar surface area (TPSA) is 102 Å². The fourth-order valence-electron chi connectivity index (χ4n) is 1.36. The second kappa shape index (κ2) is 7.91. The summed E-state index contributed by atoms with van der Waals surface area (Å²) in [4.78, 5) is 10.3. The molecule has 0 heterocycles. The molecule has 88 valence electrons. The Morgan fingerprint density at radius 2 is 1.62 bits per heavy atom. The number of hydrogen-bond acceptors (Lipinski definition) is 4. The molecule has 0 saturated heterocycles. The van der Waals surface area contributed by atoms with Crippen LogP contribution >= 0.6 is 7.14 Å². The van der Waals surface area contributed by atoms with Crippen LogP contribution in [0.5, 0.6) is 0 Å². The summed E-state index contributed by atoms with van der Waals surface area (Å²) in [5, 5.41) is 25.3. The average molecular weight is 242 g/mol. The molecule has 0 spiro atoms. The molecule has 0 aliphatic carbocycles. The van der Waals surface area contributed by atoms with Crippen LogP contribution in [0.3, 0.4) is 0 Å². The second-order valence-electron chi connectivity index (χ2n) is 3.54. The minimum absolute atomic E-state index is 0.0108. The molecule has 16 heavy (non-hydrogen) atoms. The SMILES string of the molecule is N#CCCP(=O)(CCC#N)CCCC(=O)O. The number of hydrogen-bond donors (Lipinski definition) is 1. The van der Waals surface area contributed by atoms with E-state index in [1.807, 2.05) is 12.1 Å². The van der Waals surface area contributed by atoms with E-state index in [0.29, 0.717) is 24.9 Å². The first-order valence-electron chi connectivity index (χ1n) is 5.07. The van der Waals surface area contributed by atoms with Crippen molar-refractivity contribution in [2.75, 3.05) is 18.5 Å². The van der Waals surface area contributed by atoms with Crippen molar-refractivity contribution in [2.24, 2.45) is 0 Å². The number of carboxylic acids is 1. The Labute approximate surface area is 95.1 Å². The molecule has 1 N–H and O–H groups in total. The summed E-state index contributed by atoms with van der Waals surface area (Å²) in [6, 6.07) is 3.86. The van der Waals surface area contributed by atoms with E-state index in [4.69, 9.17) is 15.6 Å². The third-order valence-corrected chi connectivity index (χ3v) is 5.43. The highest BCUT2D eigenvalue weighted by atomic mass is 31.2. The summed E-state index contributed by atoms with van der Waals surface area (Å²) in [5.41, 5.74) is 0. The summed E-state index contributed by atoms with van der Waals surface area (Å²) in [5.74, 6) is -0.910. The molecule has 6 heteroatoms. The Morgan fingerprint density at radius 3 is 2.00 bits per heavy atom. The Kier molecular flexibility index (Phi) is 7.25. The van der Waals surface area contributed by atoms with Gasteiger partial charge in [-0.3, -0.25) is 4.79 Å². The van der Waals surface area contributed by atoms with Crippen LogP contribution in [0.25, 0.3) is 0 Å². The molecule has 0 rings (SSSR count). The van der Waals surface area contributed by atoms with Crippen LogP contribution in [-0.4, -0.2) is 29.6 Å². The van der Waals surface area contributed by atoms with Crippen LogP contribution < -0.4 is 0 Å². The molecule has 0 unspecified atom stereocenters. The van der Waals surface area contributed by atoms with Gasteiger partial charge in [0, 0.05) is 37.7 Å². The van der Waals surface area contributed by atoms with Crippen molar-refractivity contribution >= 4 is 13.1 Å². The van der Waals surface area contributed by atoms with Crippen LogP contribution in [0, 0.1) is 22.7 Å². The number of nitriles is 2. The van der Waals surface area contributed by atoms with Gasteiger partial charge in [-0.05, 0) is 6.42 Å². The van der Waals surface area contributed by atoms with E-state index in [1.54, 1.807) is 0 Å². The van der Waals surface area contributed by atoms with Gasteiger partial charge in [-0.2, -0.15) is 10.5 Å². The van der Waals surface area contributed by atoms with Crippen molar-refractivity contribution in [3.63, 3.8) is 0 Å². The molecule has 0 aromatic rings. The van der Waals surface area contributed by atoms with Crippen molar-refractivity contribution in [2.45, 2.75) is 25.7 Å². The summed E-state index contributed by atoms with van der Waals surface area (Å²) in [7, 11) is -2.52. The van der Waals surface area contributed by atoms with Gasteiger partial charge in [-0.15, -0.1) is 0 Å².